The molecule has 2 atom stereocenters. The average Bonchev–Trinajstić information content (AvgIpc) is 3.57. The standard InChI is InChI=1S/C20H18N10O5S2/c21-20-22-11(9-37-20)13(26-35-7-12-24-27-28-25-12)16(31)23-14-17(32)30-15(19(33)34)10(8-36-18(14)30)6-29-4-2-1-3-5-29/h1-5,9,14,18H,6-8H2,(H4-,21,22,23,24,25,27,28,31,33,34)/b26-13+/t14-,18-/m1/s1. The zero-order valence-electron chi connectivity index (χ0n) is 18.8. The Labute approximate surface area is 216 Å². The van der Waals surface area contributed by atoms with Gasteiger partial charge in [0.25, 0.3) is 11.8 Å². The Hall–Kier alpha value is -4.38. The lowest BCUT2D eigenvalue weighted by molar-refractivity contribution is -0.689. The van der Waals surface area contributed by atoms with Gasteiger partial charge < -0.3 is 25.8 Å². The number of anilines is 1. The van der Waals surface area contributed by atoms with Gasteiger partial charge in [0.05, 0.1) is 11.7 Å². The molecule has 17 heteroatoms. The van der Waals surface area contributed by atoms with Gasteiger partial charge in [0.1, 0.15) is 17.1 Å². The molecular formula is C20H18N10O5S2. The molecule has 190 valence electrons. The molecule has 0 radical (unpaired) electrons. The van der Waals surface area contributed by atoms with E-state index in [9.17, 15) is 19.5 Å². The van der Waals surface area contributed by atoms with Crippen LogP contribution in [0.1, 0.15) is 11.5 Å². The predicted molar refractivity (Wildman–Crippen MR) is 126 cm³/mol. The van der Waals surface area contributed by atoms with Crippen molar-refractivity contribution in [3.63, 3.8) is 0 Å². The number of thiazole rings is 1. The lowest BCUT2D eigenvalue weighted by atomic mass is 10.0. The second kappa shape index (κ2) is 10.3. The van der Waals surface area contributed by atoms with Gasteiger partial charge >= 0.3 is 0 Å². The fraction of sp³-hybridized carbons (Fsp3) is 0.250. The molecule has 5 rings (SSSR count). The SMILES string of the molecule is Nc1nc(/C(=N\OCc2nn[nH]n2)C(=O)N[C@@H]2C(=O)N3C(C(=O)[O-])=C(C[n+]4ccccc4)CS[C@H]23)cs1. The van der Waals surface area contributed by atoms with E-state index in [0.29, 0.717) is 11.3 Å². The van der Waals surface area contributed by atoms with Crippen LogP contribution in [0.25, 0.3) is 0 Å². The van der Waals surface area contributed by atoms with Crippen LogP contribution >= 0.6 is 23.1 Å². The summed E-state index contributed by atoms with van der Waals surface area (Å²) in [4.78, 5) is 48.5. The highest BCUT2D eigenvalue weighted by atomic mass is 32.2. The number of H-pyrrole nitrogens is 1. The van der Waals surface area contributed by atoms with Gasteiger partial charge in [0.2, 0.25) is 5.82 Å². The Morgan fingerprint density at radius 3 is 2.84 bits per heavy atom. The molecule has 2 aliphatic heterocycles. The Bertz CT molecular complexity index is 1390. The monoisotopic (exact) mass is 542 g/mol. The fourth-order valence-electron chi connectivity index (χ4n) is 3.76. The summed E-state index contributed by atoms with van der Waals surface area (Å²) in [5.74, 6) is -2.24. The van der Waals surface area contributed by atoms with E-state index in [1.807, 2.05) is 18.2 Å². The molecule has 0 aliphatic carbocycles. The lowest BCUT2D eigenvalue weighted by Crippen LogP contribution is -2.71. The molecule has 2 aliphatic rings. The normalized spacial score (nSPS) is 19.3. The number of hydrogen-bond acceptors (Lipinski definition) is 13. The van der Waals surface area contributed by atoms with Crippen molar-refractivity contribution < 1.29 is 28.9 Å². The molecule has 0 aromatic carbocycles. The number of hydrogen-bond donors (Lipinski definition) is 3. The van der Waals surface area contributed by atoms with E-state index < -0.39 is 29.2 Å². The predicted octanol–water partition coefficient (Wildman–Crippen LogP) is -2.45. The molecule has 0 spiro atoms. The van der Waals surface area contributed by atoms with Crippen molar-refractivity contribution in [1.82, 2.24) is 35.8 Å². The van der Waals surface area contributed by atoms with Crippen LogP contribution < -0.4 is 20.7 Å². The number of nitrogens with one attached hydrogen (secondary N) is 2. The fourth-order valence-corrected chi connectivity index (χ4v) is 5.65. The number of nitrogens with two attached hydrogens (primary N) is 1. The van der Waals surface area contributed by atoms with E-state index in [1.54, 1.807) is 17.0 Å². The number of aromatic amines is 1. The first-order chi connectivity index (χ1) is 17.9. The van der Waals surface area contributed by atoms with Crippen LogP contribution in [0.3, 0.4) is 0 Å². The molecule has 1 saturated heterocycles. The smallest absolute Gasteiger partial charge is 0.276 e. The van der Waals surface area contributed by atoms with Crippen LogP contribution in [-0.2, 0) is 32.4 Å². The van der Waals surface area contributed by atoms with Crippen LogP contribution in [0, 0.1) is 0 Å². The molecule has 0 saturated carbocycles. The average molecular weight is 543 g/mol. The van der Waals surface area contributed by atoms with E-state index in [-0.39, 0.29) is 41.2 Å². The Kier molecular flexibility index (Phi) is 6.78. The molecule has 5 heterocycles. The number of fused-ring (bicyclic) bond motifs is 1. The molecular weight excluding hydrogens is 524 g/mol. The molecule has 3 aromatic heterocycles. The molecule has 4 N–H and O–H groups in total. The number of carbonyl (C=O) groups excluding carboxylic acids is 3. The highest BCUT2D eigenvalue weighted by Crippen LogP contribution is 2.40. The van der Waals surface area contributed by atoms with Crippen LogP contribution in [0.5, 0.6) is 0 Å². The van der Waals surface area contributed by atoms with Crippen molar-refractivity contribution in [2.45, 2.75) is 24.6 Å². The number of nitrogen functional groups attached to an aromatic ring is 1. The summed E-state index contributed by atoms with van der Waals surface area (Å²) < 4.78 is 1.81. The van der Waals surface area contributed by atoms with Crippen molar-refractivity contribution in [3.8, 4) is 0 Å². The summed E-state index contributed by atoms with van der Waals surface area (Å²) in [6.45, 7) is 0.105. The van der Waals surface area contributed by atoms with Gasteiger partial charge in [-0.1, -0.05) is 16.4 Å². The van der Waals surface area contributed by atoms with Gasteiger partial charge in [-0.3, -0.25) is 14.5 Å². The topological polar surface area (TPSA) is 208 Å². The van der Waals surface area contributed by atoms with Crippen LogP contribution in [0.15, 0.2) is 52.4 Å². The first-order valence-electron chi connectivity index (χ1n) is 10.7. The van der Waals surface area contributed by atoms with Gasteiger partial charge in [0, 0.05) is 28.8 Å². The highest BCUT2D eigenvalue weighted by Gasteiger charge is 2.53. The van der Waals surface area contributed by atoms with Crippen LogP contribution in [0.2, 0.25) is 0 Å². The Morgan fingerprint density at radius 2 is 2.16 bits per heavy atom. The third-order valence-electron chi connectivity index (χ3n) is 5.40. The maximum absolute atomic E-state index is 13.1. The number of tetrazole rings is 1. The quantitative estimate of drug-likeness (QED) is 0.112. The zero-order valence-corrected chi connectivity index (χ0v) is 20.4. The summed E-state index contributed by atoms with van der Waals surface area (Å²) in [7, 11) is 0. The van der Waals surface area contributed by atoms with Crippen molar-refractivity contribution in [1.29, 1.82) is 0 Å². The van der Waals surface area contributed by atoms with Crippen LogP contribution in [-0.4, -0.2) is 71.2 Å². The second-order valence-corrected chi connectivity index (χ2v) is 9.76. The van der Waals surface area contributed by atoms with Crippen LogP contribution in [0.4, 0.5) is 5.13 Å². The number of thioether (sulfide) groups is 1. The van der Waals surface area contributed by atoms with Gasteiger partial charge in [0.15, 0.2) is 36.4 Å². The van der Waals surface area contributed by atoms with Gasteiger partial charge in [-0.05, 0) is 0 Å². The number of nitrogens with zero attached hydrogens (tertiary/aromatic N) is 7. The number of rotatable bonds is 9. The molecule has 15 nitrogen and oxygen atoms in total. The number of oxime groups is 1. The highest BCUT2D eigenvalue weighted by molar-refractivity contribution is 8.00. The maximum Gasteiger partial charge on any atom is 0.276 e. The Balaban J connectivity index is 1.32. The number of carbonyl (C=O) groups is 3. The number of carboxylic acid groups (broad SMARTS) is 1. The molecule has 3 aromatic rings. The number of pyridine rings is 1. The molecule has 2 amide bonds. The molecule has 0 bridgehead atoms. The van der Waals surface area contributed by atoms with Gasteiger partial charge in [-0.25, -0.2) is 9.55 Å². The van der Waals surface area contributed by atoms with Crippen molar-refractivity contribution in [2.75, 3.05) is 11.5 Å². The van der Waals surface area contributed by atoms with E-state index >= 15 is 0 Å². The third-order valence-corrected chi connectivity index (χ3v) is 7.41. The first kappa shape index (κ1) is 24.3. The summed E-state index contributed by atoms with van der Waals surface area (Å²) in [6, 6.07) is 4.49. The summed E-state index contributed by atoms with van der Waals surface area (Å²) in [5, 5.41) is 32.7. The third kappa shape index (κ3) is 4.98. The van der Waals surface area contributed by atoms with Gasteiger partial charge in [-0.2, -0.15) is 5.21 Å². The number of aromatic nitrogens is 6. The van der Waals surface area contributed by atoms with E-state index in [4.69, 9.17) is 10.6 Å². The summed E-state index contributed by atoms with van der Waals surface area (Å²) in [5.41, 5.74) is 5.97. The molecule has 37 heavy (non-hydrogen) atoms. The van der Waals surface area contributed by atoms with Crippen molar-refractivity contribution in [2.24, 2.45) is 5.16 Å². The summed E-state index contributed by atoms with van der Waals surface area (Å²) in [6.07, 6.45) is 3.59. The van der Waals surface area contributed by atoms with Crippen molar-refractivity contribution in [3.05, 3.63) is 58.8 Å². The minimum atomic E-state index is -1.45. The summed E-state index contributed by atoms with van der Waals surface area (Å²) >= 11 is 2.43. The lowest BCUT2D eigenvalue weighted by Gasteiger charge is -2.50. The van der Waals surface area contributed by atoms with E-state index in [1.165, 1.54) is 17.1 Å². The van der Waals surface area contributed by atoms with Gasteiger partial charge in [-0.15, -0.1) is 33.3 Å². The minimum Gasteiger partial charge on any atom is -0.543 e. The van der Waals surface area contributed by atoms with Crippen molar-refractivity contribution >= 4 is 51.7 Å². The second-order valence-electron chi connectivity index (χ2n) is 7.76. The number of amides is 2. The largest absolute Gasteiger partial charge is 0.543 e. The first-order valence-corrected chi connectivity index (χ1v) is 12.6. The number of carboxylic acids is 1. The minimum absolute atomic E-state index is 0.144. The number of β-lactam (4-membered cyclic amide) rings is 1. The number of aliphatic carboxylic acids is 1. The van der Waals surface area contributed by atoms with E-state index in [0.717, 1.165) is 16.2 Å². The molecule has 1 fully saturated rings. The van der Waals surface area contributed by atoms with E-state index in [2.05, 4.69) is 36.1 Å². The Morgan fingerprint density at radius 1 is 1.35 bits per heavy atom. The maximum atomic E-state index is 13.1. The molecule has 0 unspecified atom stereocenters. The zero-order chi connectivity index (χ0) is 25.9.